The molecule has 0 spiro atoms. The number of hydrogen-bond donors (Lipinski definition) is 0. The maximum absolute atomic E-state index is 5.99. The van der Waals surface area contributed by atoms with Gasteiger partial charge in [-0.2, -0.15) is 5.10 Å². The molecule has 3 heterocycles. The number of pyridine rings is 1. The van der Waals surface area contributed by atoms with Gasteiger partial charge in [0.05, 0.1) is 25.0 Å². The molecule has 3 aromatic heterocycles. The van der Waals surface area contributed by atoms with Gasteiger partial charge < -0.3 is 9.47 Å². The molecule has 7 heteroatoms. The zero-order chi connectivity index (χ0) is 18.3. The minimum atomic E-state index is -0.186. The maximum Gasteiger partial charge on any atom is 0.233 e. The van der Waals surface area contributed by atoms with Crippen LogP contribution < -0.4 is 9.47 Å². The second-order valence-electron chi connectivity index (χ2n) is 6.95. The van der Waals surface area contributed by atoms with Crippen molar-refractivity contribution < 1.29 is 9.47 Å². The molecule has 0 unspecified atom stereocenters. The van der Waals surface area contributed by atoms with Crippen molar-refractivity contribution in [3.8, 4) is 17.4 Å². The lowest BCUT2D eigenvalue weighted by molar-refractivity contribution is 0.365. The van der Waals surface area contributed by atoms with Crippen molar-refractivity contribution in [2.45, 2.75) is 26.3 Å². The fourth-order valence-corrected chi connectivity index (χ4v) is 2.84. The number of benzene rings is 1. The fourth-order valence-electron chi connectivity index (χ4n) is 2.84. The number of ether oxygens (including phenoxy) is 2. The van der Waals surface area contributed by atoms with Crippen LogP contribution in [-0.4, -0.2) is 31.8 Å². The van der Waals surface area contributed by atoms with E-state index in [0.29, 0.717) is 11.6 Å². The van der Waals surface area contributed by atoms with Gasteiger partial charge in [0, 0.05) is 5.39 Å². The summed E-state index contributed by atoms with van der Waals surface area (Å²) in [6, 6.07) is 7.67. The van der Waals surface area contributed by atoms with E-state index in [4.69, 9.17) is 9.47 Å². The van der Waals surface area contributed by atoms with Crippen LogP contribution in [0.3, 0.4) is 0 Å². The molecule has 0 amide bonds. The van der Waals surface area contributed by atoms with Crippen LogP contribution in [0.15, 0.2) is 43.0 Å². The molecule has 132 valence electrons. The van der Waals surface area contributed by atoms with Crippen LogP contribution in [0.5, 0.6) is 17.4 Å². The van der Waals surface area contributed by atoms with Crippen molar-refractivity contribution in [1.29, 1.82) is 0 Å². The second-order valence-corrected chi connectivity index (χ2v) is 6.95. The number of methoxy groups -OCH3 is 1. The predicted molar refractivity (Wildman–Crippen MR) is 98.7 cm³/mol. The monoisotopic (exact) mass is 349 g/mol. The maximum atomic E-state index is 5.99. The third-order valence-corrected chi connectivity index (χ3v) is 4.05. The smallest absolute Gasteiger partial charge is 0.233 e. The Kier molecular flexibility index (Phi) is 3.72. The zero-order valence-corrected chi connectivity index (χ0v) is 15.1. The van der Waals surface area contributed by atoms with Crippen molar-refractivity contribution in [3.05, 3.63) is 43.0 Å². The lowest BCUT2D eigenvalue weighted by Gasteiger charge is -2.19. The van der Waals surface area contributed by atoms with Crippen molar-refractivity contribution in [1.82, 2.24) is 24.7 Å². The van der Waals surface area contributed by atoms with E-state index in [1.807, 2.05) is 28.9 Å². The number of rotatable bonds is 3. The Morgan fingerprint density at radius 2 is 1.88 bits per heavy atom. The minimum absolute atomic E-state index is 0.186. The van der Waals surface area contributed by atoms with Crippen molar-refractivity contribution in [2.75, 3.05) is 7.11 Å². The molecule has 0 aliphatic rings. The quantitative estimate of drug-likeness (QED) is 0.558. The van der Waals surface area contributed by atoms with Crippen LogP contribution in [0.2, 0.25) is 0 Å². The Balaban J connectivity index is 1.76. The predicted octanol–water partition coefficient (Wildman–Crippen LogP) is 3.93. The molecule has 4 aromatic rings. The van der Waals surface area contributed by atoms with Crippen LogP contribution in [0.4, 0.5) is 0 Å². The Morgan fingerprint density at radius 1 is 1.04 bits per heavy atom. The van der Waals surface area contributed by atoms with Gasteiger partial charge >= 0.3 is 0 Å². The zero-order valence-electron chi connectivity index (χ0n) is 15.1. The summed E-state index contributed by atoms with van der Waals surface area (Å²) in [6.07, 6.45) is 4.87. The van der Waals surface area contributed by atoms with E-state index >= 15 is 0 Å². The van der Waals surface area contributed by atoms with E-state index in [2.05, 4.69) is 40.8 Å². The van der Waals surface area contributed by atoms with Crippen molar-refractivity contribution in [2.24, 2.45) is 0 Å². The summed E-state index contributed by atoms with van der Waals surface area (Å²) < 4.78 is 13.2. The first kappa shape index (κ1) is 16.3. The summed E-state index contributed by atoms with van der Waals surface area (Å²) >= 11 is 0. The highest BCUT2D eigenvalue weighted by molar-refractivity contribution is 5.85. The highest BCUT2D eigenvalue weighted by Gasteiger charge is 2.20. The second kappa shape index (κ2) is 5.94. The molecule has 7 nitrogen and oxygen atoms in total. The van der Waals surface area contributed by atoms with Gasteiger partial charge in [-0.25, -0.2) is 19.6 Å². The van der Waals surface area contributed by atoms with E-state index in [-0.39, 0.29) is 5.54 Å². The topological polar surface area (TPSA) is 75.0 Å². The normalized spacial score (nSPS) is 11.8. The summed E-state index contributed by atoms with van der Waals surface area (Å²) in [5.74, 6) is 1.77. The average Bonchev–Trinajstić information content (AvgIpc) is 3.06. The highest BCUT2D eigenvalue weighted by Crippen LogP contribution is 2.31. The molecule has 0 bridgehead atoms. The minimum Gasteiger partial charge on any atom is -0.494 e. The third-order valence-electron chi connectivity index (χ3n) is 4.05. The molecule has 0 atom stereocenters. The Morgan fingerprint density at radius 3 is 2.65 bits per heavy atom. The van der Waals surface area contributed by atoms with Gasteiger partial charge in [-0.1, -0.05) is 12.1 Å². The van der Waals surface area contributed by atoms with Crippen LogP contribution in [-0.2, 0) is 5.54 Å². The first-order valence-corrected chi connectivity index (χ1v) is 8.27. The van der Waals surface area contributed by atoms with Gasteiger partial charge in [-0.15, -0.1) is 0 Å². The van der Waals surface area contributed by atoms with Gasteiger partial charge in [0.2, 0.25) is 5.88 Å². The molecule has 0 fully saturated rings. The number of fused-ring (bicyclic) bond motifs is 2. The molecule has 0 saturated heterocycles. The largest absolute Gasteiger partial charge is 0.494 e. The van der Waals surface area contributed by atoms with E-state index in [1.165, 1.54) is 6.33 Å². The third kappa shape index (κ3) is 2.71. The van der Waals surface area contributed by atoms with Gasteiger partial charge in [0.15, 0.2) is 5.65 Å². The molecular formula is C19H19N5O2. The van der Waals surface area contributed by atoms with Crippen LogP contribution in [0.1, 0.15) is 20.8 Å². The lowest BCUT2D eigenvalue weighted by atomic mass is 10.1. The average molecular weight is 349 g/mol. The highest BCUT2D eigenvalue weighted by atomic mass is 16.5. The van der Waals surface area contributed by atoms with E-state index < -0.39 is 0 Å². The number of aromatic nitrogens is 5. The fraction of sp³-hybridized carbons (Fsp3) is 0.263. The molecular weight excluding hydrogens is 330 g/mol. The summed E-state index contributed by atoms with van der Waals surface area (Å²) in [4.78, 5) is 13.1. The molecule has 0 saturated carbocycles. The molecule has 26 heavy (non-hydrogen) atoms. The Labute approximate surface area is 150 Å². The first-order chi connectivity index (χ1) is 12.5. The van der Waals surface area contributed by atoms with Crippen LogP contribution in [0.25, 0.3) is 21.9 Å². The van der Waals surface area contributed by atoms with Crippen LogP contribution in [0, 0.1) is 0 Å². The Hall–Kier alpha value is -3.22. The van der Waals surface area contributed by atoms with Gasteiger partial charge in [-0.3, -0.25) is 0 Å². The summed E-state index contributed by atoms with van der Waals surface area (Å²) in [6.45, 7) is 6.22. The number of nitrogens with zero attached hydrogens (tertiary/aromatic N) is 5. The van der Waals surface area contributed by atoms with Gasteiger partial charge in [-0.05, 0) is 32.9 Å². The van der Waals surface area contributed by atoms with Crippen LogP contribution >= 0.6 is 0 Å². The molecule has 0 aliphatic heterocycles. The molecule has 0 N–H and O–H groups in total. The SMILES string of the molecule is COc1cccc2cc(Oc3ncnc4c3cnn4C(C)(C)C)cnc12. The number of para-hydroxylation sites is 1. The standard InChI is InChI=1S/C19H19N5O2/c1-19(2,3)24-17-14(10-23-24)18(22-11-21-17)26-13-8-12-6-5-7-15(25-4)16(12)20-9-13/h5-11H,1-4H3. The molecule has 1 aromatic carbocycles. The van der Waals surface area contributed by atoms with E-state index in [0.717, 1.165) is 27.7 Å². The molecule has 0 aliphatic carbocycles. The number of hydrogen-bond acceptors (Lipinski definition) is 6. The van der Waals surface area contributed by atoms with E-state index in [1.54, 1.807) is 19.5 Å². The molecule has 4 rings (SSSR count). The molecule has 0 radical (unpaired) electrons. The lowest BCUT2D eigenvalue weighted by Crippen LogP contribution is -2.23. The van der Waals surface area contributed by atoms with E-state index in [9.17, 15) is 0 Å². The van der Waals surface area contributed by atoms with Crippen molar-refractivity contribution in [3.63, 3.8) is 0 Å². The Bertz CT molecular complexity index is 1100. The first-order valence-electron chi connectivity index (χ1n) is 8.27. The van der Waals surface area contributed by atoms with Gasteiger partial charge in [0.1, 0.15) is 28.7 Å². The summed E-state index contributed by atoms with van der Waals surface area (Å²) in [5.41, 5.74) is 1.34. The van der Waals surface area contributed by atoms with Crippen molar-refractivity contribution >= 4 is 21.9 Å². The van der Waals surface area contributed by atoms with Gasteiger partial charge in [0.25, 0.3) is 0 Å². The summed E-state index contributed by atoms with van der Waals surface area (Å²) in [7, 11) is 1.63. The summed E-state index contributed by atoms with van der Waals surface area (Å²) in [5, 5.41) is 6.13.